The van der Waals surface area contributed by atoms with Crippen molar-refractivity contribution in [2.45, 2.75) is 11.8 Å². The summed E-state index contributed by atoms with van der Waals surface area (Å²) in [5, 5.41) is 11.6. The summed E-state index contributed by atoms with van der Waals surface area (Å²) in [6.45, 7) is 1.49. The lowest BCUT2D eigenvalue weighted by molar-refractivity contribution is 0.102. The van der Waals surface area contributed by atoms with Gasteiger partial charge in [0.25, 0.3) is 15.9 Å². The molecule has 0 spiro atoms. The minimum atomic E-state index is -3.88. The van der Waals surface area contributed by atoms with E-state index in [0.29, 0.717) is 11.4 Å². The zero-order valence-corrected chi connectivity index (χ0v) is 17.9. The number of aryl methyl sites for hydroxylation is 1. The molecule has 0 unspecified atom stereocenters. The number of thiophene rings is 1. The van der Waals surface area contributed by atoms with Crippen LogP contribution in [0.25, 0.3) is 10.6 Å². The molecule has 10 heteroatoms. The average Bonchev–Trinajstić information content (AvgIpc) is 3.42. The van der Waals surface area contributed by atoms with E-state index in [1.54, 1.807) is 17.4 Å². The largest absolute Gasteiger partial charge is 0.305 e. The van der Waals surface area contributed by atoms with Crippen molar-refractivity contribution >= 4 is 38.8 Å². The Morgan fingerprint density at radius 1 is 1.10 bits per heavy atom. The highest BCUT2D eigenvalue weighted by Crippen LogP contribution is 2.25. The highest BCUT2D eigenvalue weighted by Gasteiger charge is 2.16. The smallest absolute Gasteiger partial charge is 0.261 e. The zero-order valence-electron chi connectivity index (χ0n) is 16.2. The van der Waals surface area contributed by atoms with Crippen LogP contribution in [-0.4, -0.2) is 24.5 Å². The van der Waals surface area contributed by atoms with Crippen LogP contribution in [0.3, 0.4) is 0 Å². The molecule has 2 aromatic carbocycles. The molecule has 0 atom stereocenters. The Labute approximate surface area is 182 Å². The average molecular weight is 457 g/mol. The predicted octanol–water partition coefficient (Wildman–Crippen LogP) is 4.64. The highest BCUT2D eigenvalue weighted by atomic mass is 32.2. The van der Waals surface area contributed by atoms with Gasteiger partial charge in [0.2, 0.25) is 0 Å². The molecule has 0 aliphatic rings. The number of aromatic nitrogens is 2. The van der Waals surface area contributed by atoms with Gasteiger partial charge in [-0.3, -0.25) is 14.6 Å². The Morgan fingerprint density at radius 2 is 1.87 bits per heavy atom. The lowest BCUT2D eigenvalue weighted by atomic mass is 10.2. The van der Waals surface area contributed by atoms with Crippen molar-refractivity contribution in [2.24, 2.45) is 0 Å². The van der Waals surface area contributed by atoms with Gasteiger partial charge < -0.3 is 5.32 Å². The van der Waals surface area contributed by atoms with Crippen LogP contribution in [0, 0.1) is 12.7 Å². The molecule has 0 radical (unpaired) electrons. The van der Waals surface area contributed by atoms with E-state index >= 15 is 0 Å². The quantitative estimate of drug-likeness (QED) is 0.393. The first kappa shape index (κ1) is 20.8. The van der Waals surface area contributed by atoms with Crippen LogP contribution in [0.5, 0.6) is 0 Å². The van der Waals surface area contributed by atoms with Gasteiger partial charge in [-0.2, -0.15) is 5.10 Å². The number of benzene rings is 2. The van der Waals surface area contributed by atoms with E-state index in [9.17, 15) is 17.6 Å². The molecule has 2 aromatic heterocycles. The number of aromatic amines is 1. The molecule has 0 bridgehead atoms. The molecule has 0 fully saturated rings. The molecule has 31 heavy (non-hydrogen) atoms. The molecule has 0 saturated carbocycles. The van der Waals surface area contributed by atoms with Gasteiger partial charge in [-0.1, -0.05) is 6.07 Å². The number of sulfonamides is 1. The monoisotopic (exact) mass is 456 g/mol. The third-order valence-electron chi connectivity index (χ3n) is 4.45. The zero-order chi connectivity index (χ0) is 22.0. The Morgan fingerprint density at radius 3 is 2.55 bits per heavy atom. The topological polar surface area (TPSA) is 104 Å². The summed E-state index contributed by atoms with van der Waals surface area (Å²) in [5.74, 6) is -0.480. The van der Waals surface area contributed by atoms with E-state index in [1.165, 1.54) is 43.3 Å². The maximum atomic E-state index is 13.4. The van der Waals surface area contributed by atoms with Crippen LogP contribution in [0.2, 0.25) is 0 Å². The fourth-order valence-electron chi connectivity index (χ4n) is 2.82. The maximum absolute atomic E-state index is 13.4. The summed E-state index contributed by atoms with van der Waals surface area (Å²) in [5.41, 5.74) is 1.64. The third-order valence-corrected chi connectivity index (χ3v) is 6.73. The van der Waals surface area contributed by atoms with Crippen LogP contribution < -0.4 is 10.0 Å². The van der Waals surface area contributed by atoms with Gasteiger partial charge in [0, 0.05) is 17.3 Å². The van der Waals surface area contributed by atoms with E-state index in [2.05, 4.69) is 20.2 Å². The Kier molecular flexibility index (Phi) is 5.57. The van der Waals surface area contributed by atoms with Crippen LogP contribution in [-0.2, 0) is 10.0 Å². The number of amides is 1. The third kappa shape index (κ3) is 4.65. The summed E-state index contributed by atoms with van der Waals surface area (Å²) in [4.78, 5) is 13.4. The summed E-state index contributed by atoms with van der Waals surface area (Å²) in [6, 6.07) is 15.1. The number of rotatable bonds is 6. The number of anilines is 2. The van der Waals surface area contributed by atoms with E-state index < -0.39 is 15.8 Å². The first-order valence-corrected chi connectivity index (χ1v) is 11.5. The van der Waals surface area contributed by atoms with Gasteiger partial charge in [0.1, 0.15) is 5.82 Å². The van der Waals surface area contributed by atoms with E-state index in [4.69, 9.17) is 0 Å². The number of hydrogen-bond donors (Lipinski definition) is 3. The normalized spacial score (nSPS) is 11.3. The van der Waals surface area contributed by atoms with Gasteiger partial charge in [-0.05, 0) is 66.4 Å². The van der Waals surface area contributed by atoms with Crippen molar-refractivity contribution in [2.75, 3.05) is 10.0 Å². The fraction of sp³-hybridized carbons (Fsp3) is 0.0476. The summed E-state index contributed by atoms with van der Waals surface area (Å²) in [7, 11) is -3.88. The number of halogens is 1. The van der Waals surface area contributed by atoms with Crippen LogP contribution in [0.1, 0.15) is 15.9 Å². The summed E-state index contributed by atoms with van der Waals surface area (Å²) in [6.07, 6.45) is 0. The first-order valence-electron chi connectivity index (χ1n) is 9.11. The van der Waals surface area contributed by atoms with Crippen molar-refractivity contribution in [1.82, 2.24) is 10.2 Å². The van der Waals surface area contributed by atoms with Gasteiger partial charge in [0.15, 0.2) is 5.82 Å². The molecule has 2 heterocycles. The van der Waals surface area contributed by atoms with Gasteiger partial charge in [0.05, 0.1) is 15.5 Å². The van der Waals surface area contributed by atoms with E-state index in [1.807, 2.05) is 17.5 Å². The number of carbonyl (C=O) groups is 1. The molecule has 0 saturated heterocycles. The molecular formula is C21H17FN4O3S2. The highest BCUT2D eigenvalue weighted by molar-refractivity contribution is 7.92. The summed E-state index contributed by atoms with van der Waals surface area (Å²) < 4.78 is 40.8. The SMILES string of the molecule is Cc1cc(S(=O)(=O)Nc2ccc(C(=O)Nc3cc(-c4cccs4)[nH]n3)cc2)ccc1F. The number of nitrogens with zero attached hydrogens (tertiary/aromatic N) is 1. The molecule has 4 aromatic rings. The van der Waals surface area contributed by atoms with Gasteiger partial charge in [-0.25, -0.2) is 12.8 Å². The second kappa shape index (κ2) is 8.32. The van der Waals surface area contributed by atoms with Gasteiger partial charge >= 0.3 is 0 Å². The Balaban J connectivity index is 1.44. The molecular weight excluding hydrogens is 439 g/mol. The number of carbonyl (C=O) groups excluding carboxylic acids is 1. The number of H-pyrrole nitrogens is 1. The fourth-order valence-corrected chi connectivity index (χ4v) is 4.66. The van der Waals surface area contributed by atoms with Crippen molar-refractivity contribution in [3.63, 3.8) is 0 Å². The minimum absolute atomic E-state index is 0.0479. The Bertz CT molecular complexity index is 1330. The molecule has 158 valence electrons. The molecule has 7 nitrogen and oxygen atoms in total. The van der Waals surface area contributed by atoms with Crippen molar-refractivity contribution in [1.29, 1.82) is 0 Å². The van der Waals surface area contributed by atoms with Crippen LogP contribution in [0.15, 0.2) is 70.9 Å². The molecule has 0 aliphatic heterocycles. The van der Waals surface area contributed by atoms with Crippen LogP contribution >= 0.6 is 11.3 Å². The molecule has 1 amide bonds. The van der Waals surface area contributed by atoms with Crippen molar-refractivity contribution in [3.8, 4) is 10.6 Å². The predicted molar refractivity (Wildman–Crippen MR) is 118 cm³/mol. The van der Waals surface area contributed by atoms with E-state index in [-0.39, 0.29) is 22.1 Å². The molecule has 0 aliphatic carbocycles. The second-order valence-electron chi connectivity index (χ2n) is 6.69. The van der Waals surface area contributed by atoms with Crippen molar-refractivity contribution in [3.05, 3.63) is 83.0 Å². The van der Waals surface area contributed by atoms with Gasteiger partial charge in [-0.15, -0.1) is 11.3 Å². The minimum Gasteiger partial charge on any atom is -0.305 e. The number of nitrogens with one attached hydrogen (secondary N) is 3. The maximum Gasteiger partial charge on any atom is 0.261 e. The standard InChI is InChI=1S/C21H17FN4O3S2/c1-13-11-16(8-9-17(13)22)31(28,29)26-15-6-4-14(5-7-15)21(27)23-20-12-18(24-25-20)19-3-2-10-30-19/h2-12,26H,1H3,(H2,23,24,25,27). The Hall–Kier alpha value is -3.50. The molecule has 4 rings (SSSR count). The second-order valence-corrected chi connectivity index (χ2v) is 9.32. The first-order chi connectivity index (χ1) is 14.8. The lowest BCUT2D eigenvalue weighted by Gasteiger charge is -2.10. The number of hydrogen-bond acceptors (Lipinski definition) is 5. The summed E-state index contributed by atoms with van der Waals surface area (Å²) >= 11 is 1.55. The van der Waals surface area contributed by atoms with Crippen LogP contribution in [0.4, 0.5) is 15.9 Å². The van der Waals surface area contributed by atoms with E-state index in [0.717, 1.165) is 16.6 Å². The lowest BCUT2D eigenvalue weighted by Crippen LogP contribution is -2.14. The van der Waals surface area contributed by atoms with Crippen molar-refractivity contribution < 1.29 is 17.6 Å². The molecule has 3 N–H and O–H groups in total.